The minimum atomic E-state index is 0.251. The number of hydrogen-bond acceptors (Lipinski definition) is 5. The maximum absolute atomic E-state index is 12.2. The summed E-state index contributed by atoms with van der Waals surface area (Å²) in [6.45, 7) is 9.86. The van der Waals surface area contributed by atoms with Gasteiger partial charge in [-0.15, -0.1) is 10.2 Å². The first kappa shape index (κ1) is 19.1. The molecular weight excluding hydrogens is 340 g/mol. The van der Waals surface area contributed by atoms with Crippen molar-refractivity contribution in [1.29, 1.82) is 0 Å². The standard InChI is InChI=1S/C21H28N4O2/c1-4-27-18-7-5-17(6-8-18)19-9-10-20(23-22-19)24-11-13-25(14-12-24)21(26)15-16(2)3/h5-10,16H,4,11-15H2,1-3H3. The Hall–Kier alpha value is -2.63. The second-order valence-electron chi connectivity index (χ2n) is 7.20. The highest BCUT2D eigenvalue weighted by Gasteiger charge is 2.22. The third kappa shape index (κ3) is 4.96. The van der Waals surface area contributed by atoms with E-state index in [0.29, 0.717) is 18.9 Å². The van der Waals surface area contributed by atoms with Gasteiger partial charge in [0.05, 0.1) is 12.3 Å². The van der Waals surface area contributed by atoms with E-state index < -0.39 is 0 Å². The molecule has 0 bridgehead atoms. The first-order chi connectivity index (χ1) is 13.1. The van der Waals surface area contributed by atoms with E-state index in [4.69, 9.17) is 4.74 Å². The number of hydrogen-bond donors (Lipinski definition) is 0. The van der Waals surface area contributed by atoms with Gasteiger partial charge >= 0.3 is 0 Å². The highest BCUT2D eigenvalue weighted by atomic mass is 16.5. The van der Waals surface area contributed by atoms with E-state index in [-0.39, 0.29) is 5.91 Å². The van der Waals surface area contributed by atoms with Crippen molar-refractivity contribution in [2.75, 3.05) is 37.7 Å². The second kappa shape index (κ2) is 8.84. The second-order valence-corrected chi connectivity index (χ2v) is 7.20. The highest BCUT2D eigenvalue weighted by Crippen LogP contribution is 2.22. The number of nitrogens with zero attached hydrogens (tertiary/aromatic N) is 4. The van der Waals surface area contributed by atoms with Gasteiger partial charge in [-0.3, -0.25) is 4.79 Å². The van der Waals surface area contributed by atoms with Crippen LogP contribution in [0.2, 0.25) is 0 Å². The molecule has 1 saturated heterocycles. The molecule has 1 aliphatic heterocycles. The predicted octanol–water partition coefficient (Wildman–Crippen LogP) is 3.24. The van der Waals surface area contributed by atoms with Crippen LogP contribution in [-0.4, -0.2) is 53.8 Å². The fourth-order valence-electron chi connectivity index (χ4n) is 3.20. The Balaban J connectivity index is 1.59. The number of carbonyl (C=O) groups is 1. The monoisotopic (exact) mass is 368 g/mol. The lowest BCUT2D eigenvalue weighted by Crippen LogP contribution is -2.49. The average Bonchev–Trinajstić information content (AvgIpc) is 2.69. The van der Waals surface area contributed by atoms with Gasteiger partial charge in [0, 0.05) is 38.2 Å². The number of rotatable bonds is 6. The Morgan fingerprint density at radius 2 is 1.74 bits per heavy atom. The molecule has 1 aliphatic rings. The summed E-state index contributed by atoms with van der Waals surface area (Å²) in [5, 5.41) is 8.78. The lowest BCUT2D eigenvalue weighted by atomic mass is 10.1. The van der Waals surface area contributed by atoms with Gasteiger partial charge in [0.1, 0.15) is 5.75 Å². The predicted molar refractivity (Wildman–Crippen MR) is 107 cm³/mol. The van der Waals surface area contributed by atoms with Crippen LogP contribution >= 0.6 is 0 Å². The van der Waals surface area contributed by atoms with E-state index in [1.165, 1.54) is 0 Å². The molecule has 0 unspecified atom stereocenters. The maximum Gasteiger partial charge on any atom is 0.222 e. The van der Waals surface area contributed by atoms with Crippen molar-refractivity contribution >= 4 is 11.7 Å². The van der Waals surface area contributed by atoms with Gasteiger partial charge in [-0.25, -0.2) is 0 Å². The quantitative estimate of drug-likeness (QED) is 0.783. The van der Waals surface area contributed by atoms with Crippen molar-refractivity contribution in [3.05, 3.63) is 36.4 Å². The minimum absolute atomic E-state index is 0.251. The first-order valence-corrected chi connectivity index (χ1v) is 9.66. The molecule has 0 aliphatic carbocycles. The molecule has 2 heterocycles. The van der Waals surface area contributed by atoms with Crippen LogP contribution in [0.4, 0.5) is 5.82 Å². The van der Waals surface area contributed by atoms with E-state index in [1.807, 2.05) is 48.2 Å². The van der Waals surface area contributed by atoms with Crippen molar-refractivity contribution in [1.82, 2.24) is 15.1 Å². The fourth-order valence-corrected chi connectivity index (χ4v) is 3.20. The Morgan fingerprint density at radius 3 is 2.30 bits per heavy atom. The summed E-state index contributed by atoms with van der Waals surface area (Å²) in [4.78, 5) is 16.3. The largest absolute Gasteiger partial charge is 0.494 e. The molecule has 1 fully saturated rings. The highest BCUT2D eigenvalue weighted by molar-refractivity contribution is 5.76. The summed E-state index contributed by atoms with van der Waals surface area (Å²) in [6.07, 6.45) is 0.622. The summed E-state index contributed by atoms with van der Waals surface area (Å²) in [5.74, 6) is 2.37. The van der Waals surface area contributed by atoms with Crippen molar-refractivity contribution in [2.45, 2.75) is 27.2 Å². The Labute approximate surface area is 161 Å². The molecular formula is C21H28N4O2. The molecule has 6 nitrogen and oxygen atoms in total. The first-order valence-electron chi connectivity index (χ1n) is 9.66. The third-order valence-corrected chi connectivity index (χ3v) is 4.65. The molecule has 3 rings (SSSR count). The van der Waals surface area contributed by atoms with E-state index in [0.717, 1.165) is 49.0 Å². The lowest BCUT2D eigenvalue weighted by Gasteiger charge is -2.35. The Morgan fingerprint density at radius 1 is 1.04 bits per heavy atom. The zero-order valence-corrected chi connectivity index (χ0v) is 16.4. The van der Waals surface area contributed by atoms with E-state index >= 15 is 0 Å². The smallest absolute Gasteiger partial charge is 0.222 e. The molecule has 1 amide bonds. The van der Waals surface area contributed by atoms with Gasteiger partial charge in [-0.05, 0) is 49.2 Å². The SMILES string of the molecule is CCOc1ccc(-c2ccc(N3CCN(C(=O)CC(C)C)CC3)nn2)cc1. The molecule has 0 radical (unpaired) electrons. The van der Waals surface area contributed by atoms with Gasteiger partial charge in [0.2, 0.25) is 5.91 Å². The summed E-state index contributed by atoms with van der Waals surface area (Å²) in [6, 6.07) is 11.9. The number of benzene rings is 1. The molecule has 0 N–H and O–H groups in total. The van der Waals surface area contributed by atoms with Crippen LogP contribution in [-0.2, 0) is 4.79 Å². The van der Waals surface area contributed by atoms with Crippen LogP contribution in [0.25, 0.3) is 11.3 Å². The number of aromatic nitrogens is 2. The Kier molecular flexibility index (Phi) is 6.27. The van der Waals surface area contributed by atoms with Crippen molar-refractivity contribution in [3.8, 4) is 17.0 Å². The van der Waals surface area contributed by atoms with Gasteiger partial charge < -0.3 is 14.5 Å². The molecule has 144 valence electrons. The molecule has 0 spiro atoms. The zero-order chi connectivity index (χ0) is 19.2. The van der Waals surface area contributed by atoms with Crippen LogP contribution in [0.5, 0.6) is 5.75 Å². The van der Waals surface area contributed by atoms with E-state index in [2.05, 4.69) is 28.9 Å². The molecule has 6 heteroatoms. The number of anilines is 1. The number of ether oxygens (including phenoxy) is 1. The van der Waals surface area contributed by atoms with Gasteiger partial charge in [0.15, 0.2) is 5.82 Å². The van der Waals surface area contributed by atoms with E-state index in [1.54, 1.807) is 0 Å². The molecule has 0 saturated carbocycles. The van der Waals surface area contributed by atoms with Gasteiger partial charge in [0.25, 0.3) is 0 Å². The summed E-state index contributed by atoms with van der Waals surface area (Å²) in [7, 11) is 0. The number of piperazine rings is 1. The third-order valence-electron chi connectivity index (χ3n) is 4.65. The number of amides is 1. The van der Waals surface area contributed by atoms with Crippen molar-refractivity contribution in [2.24, 2.45) is 5.92 Å². The maximum atomic E-state index is 12.2. The van der Waals surface area contributed by atoms with Crippen LogP contribution in [0.3, 0.4) is 0 Å². The van der Waals surface area contributed by atoms with E-state index in [9.17, 15) is 4.79 Å². The Bertz CT molecular complexity index is 736. The number of carbonyl (C=O) groups excluding carboxylic acids is 1. The molecule has 27 heavy (non-hydrogen) atoms. The lowest BCUT2D eigenvalue weighted by molar-refractivity contribution is -0.132. The average molecular weight is 368 g/mol. The van der Waals surface area contributed by atoms with Crippen LogP contribution in [0, 0.1) is 5.92 Å². The summed E-state index contributed by atoms with van der Waals surface area (Å²) in [5.41, 5.74) is 1.86. The van der Waals surface area contributed by atoms with Gasteiger partial charge in [-0.1, -0.05) is 13.8 Å². The zero-order valence-electron chi connectivity index (χ0n) is 16.4. The molecule has 0 atom stereocenters. The van der Waals surface area contributed by atoms with Crippen LogP contribution < -0.4 is 9.64 Å². The molecule has 1 aromatic heterocycles. The van der Waals surface area contributed by atoms with Gasteiger partial charge in [-0.2, -0.15) is 0 Å². The topological polar surface area (TPSA) is 58.6 Å². The fraction of sp³-hybridized carbons (Fsp3) is 0.476. The normalized spacial score (nSPS) is 14.5. The molecule has 2 aromatic rings. The van der Waals surface area contributed by atoms with Crippen LogP contribution in [0.1, 0.15) is 27.2 Å². The van der Waals surface area contributed by atoms with Crippen molar-refractivity contribution in [3.63, 3.8) is 0 Å². The minimum Gasteiger partial charge on any atom is -0.494 e. The molecule has 1 aromatic carbocycles. The van der Waals surface area contributed by atoms with Crippen molar-refractivity contribution < 1.29 is 9.53 Å². The van der Waals surface area contributed by atoms with Crippen LogP contribution in [0.15, 0.2) is 36.4 Å². The summed E-state index contributed by atoms with van der Waals surface area (Å²) < 4.78 is 5.47. The summed E-state index contributed by atoms with van der Waals surface area (Å²) >= 11 is 0.